The first-order valence-corrected chi connectivity index (χ1v) is 16.0. The van der Waals surface area contributed by atoms with Gasteiger partial charge in [0.2, 0.25) is 0 Å². The van der Waals surface area contributed by atoms with Crippen LogP contribution >= 0.6 is 0 Å². The lowest BCUT2D eigenvalue weighted by Gasteiger charge is -2.50. The van der Waals surface area contributed by atoms with E-state index >= 15 is 0 Å². The number of aliphatic hydroxyl groups excluding tert-OH is 3. The summed E-state index contributed by atoms with van der Waals surface area (Å²) in [5.74, 6) is 0.130. The van der Waals surface area contributed by atoms with Crippen LogP contribution in [-0.4, -0.2) is 90.8 Å². The lowest BCUT2D eigenvalue weighted by molar-refractivity contribution is -0.333. The minimum atomic E-state index is -1.13. The van der Waals surface area contributed by atoms with Gasteiger partial charge in [-0.2, -0.15) is 0 Å². The summed E-state index contributed by atoms with van der Waals surface area (Å²) in [5.41, 5.74) is 3.40. The van der Waals surface area contributed by atoms with Crippen LogP contribution in [0.25, 0.3) is 0 Å². The lowest BCUT2D eigenvalue weighted by atomic mass is 9.67. The molecule has 6 aliphatic rings. The highest BCUT2D eigenvalue weighted by molar-refractivity contribution is 5.45. The van der Waals surface area contributed by atoms with E-state index < -0.39 is 47.8 Å². The fraction of sp³-hybridized carbons (Fsp3) is 0.879. The normalized spacial score (nSPS) is 50.5. The molecule has 0 amide bonds. The molecule has 0 spiro atoms. The van der Waals surface area contributed by atoms with Gasteiger partial charge in [-0.1, -0.05) is 38.0 Å². The lowest BCUT2D eigenvalue weighted by Crippen LogP contribution is -2.62. The zero-order valence-corrected chi connectivity index (χ0v) is 25.9. The Hall–Kier alpha value is -0.840. The van der Waals surface area contributed by atoms with Gasteiger partial charge in [0.15, 0.2) is 5.79 Å². The van der Waals surface area contributed by atoms with Crippen molar-refractivity contribution >= 4 is 0 Å². The molecule has 13 atom stereocenters. The molecule has 0 aromatic heterocycles. The van der Waals surface area contributed by atoms with E-state index in [2.05, 4.69) is 33.8 Å². The Balaban J connectivity index is 1.42. The molecule has 0 aromatic carbocycles. The molecular formula is C33H52O8. The van der Waals surface area contributed by atoms with E-state index in [-0.39, 0.29) is 35.7 Å². The maximum atomic E-state index is 12.3. The molecule has 0 radical (unpaired) electrons. The molecule has 2 saturated heterocycles. The van der Waals surface area contributed by atoms with Crippen LogP contribution in [0, 0.1) is 40.9 Å². The molecule has 8 heteroatoms. The van der Waals surface area contributed by atoms with Crippen LogP contribution in [0.15, 0.2) is 22.8 Å². The van der Waals surface area contributed by atoms with E-state index in [1.165, 1.54) is 11.1 Å². The third-order valence-corrected chi connectivity index (χ3v) is 11.4. The number of rotatable bonds is 5. The van der Waals surface area contributed by atoms with Gasteiger partial charge in [-0.05, 0) is 69.8 Å². The molecule has 0 bridgehead atoms. The highest BCUT2D eigenvalue weighted by Gasteiger charge is 2.60. The predicted molar refractivity (Wildman–Crippen MR) is 153 cm³/mol. The highest BCUT2D eigenvalue weighted by atomic mass is 16.7. The minimum absolute atomic E-state index is 0.00724. The zero-order valence-electron chi connectivity index (χ0n) is 25.9. The molecule has 0 unspecified atom stereocenters. The number of hydrogen-bond acceptors (Lipinski definition) is 8. The minimum Gasteiger partial charge on any atom is -0.390 e. The molecule has 4 aliphatic carbocycles. The topological polar surface area (TPSA) is 107 Å². The Kier molecular flexibility index (Phi) is 8.07. The third-order valence-electron chi connectivity index (χ3n) is 11.4. The second kappa shape index (κ2) is 11.0. The van der Waals surface area contributed by atoms with Crippen LogP contribution in [-0.2, 0) is 23.7 Å². The van der Waals surface area contributed by atoms with Crippen molar-refractivity contribution in [1.82, 2.24) is 0 Å². The van der Waals surface area contributed by atoms with Gasteiger partial charge in [0.25, 0.3) is 0 Å². The molecule has 2 heterocycles. The van der Waals surface area contributed by atoms with Crippen molar-refractivity contribution in [2.24, 2.45) is 40.9 Å². The molecule has 8 nitrogen and oxygen atoms in total. The molecule has 4 fully saturated rings. The molecule has 232 valence electrons. The smallest absolute Gasteiger partial charge is 0.163 e. The van der Waals surface area contributed by atoms with Crippen molar-refractivity contribution in [3.63, 3.8) is 0 Å². The SMILES string of the molecule is COC[C@H]1CC[C@@H]2/C1=C\[C@]1(C)C(=C(C(C)C)[C@@H]3CCO[C@@H]31)[C@@H](O[C@H]1C[C@@H]3COC(C)(C)O[C@H]3[C@H](O)[C@H]1O)[C@H](O)[C@@H]2C. The zero-order chi connectivity index (χ0) is 29.4. The van der Waals surface area contributed by atoms with Crippen molar-refractivity contribution in [3.05, 3.63) is 22.8 Å². The summed E-state index contributed by atoms with van der Waals surface area (Å²) in [6.45, 7) is 14.4. The highest BCUT2D eigenvalue weighted by Crippen LogP contribution is 2.60. The van der Waals surface area contributed by atoms with Gasteiger partial charge in [0.1, 0.15) is 18.3 Å². The fourth-order valence-corrected chi connectivity index (χ4v) is 9.49. The Morgan fingerprint density at radius 1 is 1.02 bits per heavy atom. The first-order chi connectivity index (χ1) is 19.4. The predicted octanol–water partition coefficient (Wildman–Crippen LogP) is 3.62. The summed E-state index contributed by atoms with van der Waals surface area (Å²) in [4.78, 5) is 0. The monoisotopic (exact) mass is 576 g/mol. The van der Waals surface area contributed by atoms with Crippen molar-refractivity contribution in [1.29, 1.82) is 0 Å². The van der Waals surface area contributed by atoms with Gasteiger partial charge in [-0.25, -0.2) is 0 Å². The van der Waals surface area contributed by atoms with Crippen LogP contribution < -0.4 is 0 Å². The molecule has 6 rings (SSSR count). The molecule has 0 aromatic rings. The molecule has 2 saturated carbocycles. The second-order valence-electron chi connectivity index (χ2n) is 14.7. The summed E-state index contributed by atoms with van der Waals surface area (Å²) in [5, 5.41) is 34.9. The van der Waals surface area contributed by atoms with Crippen molar-refractivity contribution in [2.45, 2.75) is 116 Å². The van der Waals surface area contributed by atoms with Crippen molar-refractivity contribution < 1.29 is 39.0 Å². The van der Waals surface area contributed by atoms with E-state index in [0.717, 1.165) is 31.4 Å². The maximum absolute atomic E-state index is 12.3. The van der Waals surface area contributed by atoms with Gasteiger partial charge in [0.05, 0.1) is 37.6 Å². The molecule has 3 N–H and O–H groups in total. The summed E-state index contributed by atoms with van der Waals surface area (Å²) in [6, 6.07) is 0. The summed E-state index contributed by atoms with van der Waals surface area (Å²) >= 11 is 0. The first-order valence-electron chi connectivity index (χ1n) is 16.0. The van der Waals surface area contributed by atoms with Gasteiger partial charge >= 0.3 is 0 Å². The summed E-state index contributed by atoms with van der Waals surface area (Å²) < 4.78 is 31.1. The van der Waals surface area contributed by atoms with Crippen LogP contribution in [0.2, 0.25) is 0 Å². The molecule has 41 heavy (non-hydrogen) atoms. The Bertz CT molecular complexity index is 1050. The largest absolute Gasteiger partial charge is 0.390 e. The van der Waals surface area contributed by atoms with E-state index in [0.29, 0.717) is 25.6 Å². The summed E-state index contributed by atoms with van der Waals surface area (Å²) in [7, 11) is 1.77. The average molecular weight is 577 g/mol. The van der Waals surface area contributed by atoms with Gasteiger partial charge < -0.3 is 39.0 Å². The van der Waals surface area contributed by atoms with Crippen LogP contribution in [0.4, 0.5) is 0 Å². The van der Waals surface area contributed by atoms with Crippen molar-refractivity contribution in [3.8, 4) is 0 Å². The maximum Gasteiger partial charge on any atom is 0.163 e. The quantitative estimate of drug-likeness (QED) is 0.426. The van der Waals surface area contributed by atoms with E-state index in [4.69, 9.17) is 23.7 Å². The van der Waals surface area contributed by atoms with E-state index in [9.17, 15) is 15.3 Å². The van der Waals surface area contributed by atoms with Crippen LogP contribution in [0.1, 0.15) is 67.2 Å². The Morgan fingerprint density at radius 2 is 1.78 bits per heavy atom. The third kappa shape index (κ3) is 4.89. The molecule has 2 aliphatic heterocycles. The van der Waals surface area contributed by atoms with Gasteiger partial charge in [-0.3, -0.25) is 0 Å². The van der Waals surface area contributed by atoms with E-state index in [1.54, 1.807) is 7.11 Å². The first kappa shape index (κ1) is 30.2. The molecular weight excluding hydrogens is 524 g/mol. The van der Waals surface area contributed by atoms with Crippen LogP contribution in [0.3, 0.4) is 0 Å². The number of ether oxygens (including phenoxy) is 5. The van der Waals surface area contributed by atoms with Gasteiger partial charge in [-0.15, -0.1) is 0 Å². The second-order valence-corrected chi connectivity index (χ2v) is 14.7. The van der Waals surface area contributed by atoms with Crippen molar-refractivity contribution in [2.75, 3.05) is 26.9 Å². The van der Waals surface area contributed by atoms with E-state index in [1.807, 2.05) is 13.8 Å². The number of aliphatic hydroxyl groups is 3. The van der Waals surface area contributed by atoms with Crippen LogP contribution in [0.5, 0.6) is 0 Å². The standard InChI is InChI=1S/C33H52O8/c1-16(2)24-21-10-11-38-31(21)33(6)13-22-18(14-37-7)8-9-20(22)17(3)26(34)30(25(24)33)40-23-12-19-15-39-32(4,5)41-29(19)28(36)27(23)35/h13,16-21,23,26-31,34-36H,8-12,14-15H2,1-7H3/b22-13-/t17-,18-,19-,20+,21+,23+,26-,27+,28-,29-,30-,31+,33-/m1/s1. The average Bonchev–Trinajstić information content (AvgIpc) is 3.60. The number of methoxy groups -OCH3 is 1. The Labute approximate surface area is 245 Å². The number of hydrogen-bond donors (Lipinski definition) is 3. The summed E-state index contributed by atoms with van der Waals surface area (Å²) in [6.07, 6.45) is 1.16. The Morgan fingerprint density at radius 3 is 2.49 bits per heavy atom. The fourth-order valence-electron chi connectivity index (χ4n) is 9.49. The van der Waals surface area contributed by atoms with Gasteiger partial charge in [0, 0.05) is 36.9 Å². The number of fused-ring (bicyclic) bond motifs is 5.